The summed E-state index contributed by atoms with van der Waals surface area (Å²) < 4.78 is 23.9. The number of benzene rings is 2. The van der Waals surface area contributed by atoms with Crippen LogP contribution in [0.5, 0.6) is 5.75 Å². The van der Waals surface area contributed by atoms with E-state index in [0.717, 1.165) is 18.7 Å². The van der Waals surface area contributed by atoms with Crippen LogP contribution in [0, 0.1) is 5.82 Å². The molecule has 0 aliphatic rings. The lowest BCUT2D eigenvalue weighted by atomic mass is 10.3. The number of furan rings is 1. The van der Waals surface area contributed by atoms with Gasteiger partial charge in [-0.15, -0.1) is 0 Å². The third-order valence-electron chi connectivity index (χ3n) is 4.23. The molecular weight excluding hydrogens is 359 g/mol. The van der Waals surface area contributed by atoms with Crippen molar-refractivity contribution in [2.45, 2.75) is 13.0 Å². The minimum Gasteiger partial charge on any atom is -0.486 e. The maximum atomic E-state index is 12.9. The van der Waals surface area contributed by atoms with Crippen molar-refractivity contribution < 1.29 is 18.3 Å². The molecule has 1 aromatic heterocycles. The molecule has 0 radical (unpaired) electrons. The van der Waals surface area contributed by atoms with Crippen molar-refractivity contribution in [3.8, 4) is 5.75 Å². The maximum absolute atomic E-state index is 12.9. The highest BCUT2D eigenvalue weighted by Gasteiger charge is 2.11. The fourth-order valence-electron chi connectivity index (χ4n) is 2.68. The molecule has 0 saturated heterocycles. The number of para-hydroxylation sites is 1. The first-order valence-electron chi connectivity index (χ1n) is 9.13. The first-order valence-corrected chi connectivity index (χ1v) is 9.13. The molecule has 0 atom stereocenters. The minimum absolute atomic E-state index is 0.167. The van der Waals surface area contributed by atoms with Gasteiger partial charge in [0.25, 0.3) is 5.91 Å². The first-order chi connectivity index (χ1) is 13.6. The Balaban J connectivity index is 1.39. The number of hydrogen-bond donors (Lipinski definition) is 1. The highest BCUT2D eigenvalue weighted by atomic mass is 19.1. The lowest BCUT2D eigenvalue weighted by Gasteiger charge is -2.19. The molecule has 0 unspecified atom stereocenters. The van der Waals surface area contributed by atoms with E-state index >= 15 is 0 Å². The van der Waals surface area contributed by atoms with Crippen LogP contribution in [0.4, 0.5) is 10.1 Å². The topological polar surface area (TPSA) is 54.7 Å². The third kappa shape index (κ3) is 5.61. The van der Waals surface area contributed by atoms with Gasteiger partial charge in [-0.05, 0) is 55.0 Å². The quantitative estimate of drug-likeness (QED) is 0.562. The van der Waals surface area contributed by atoms with E-state index in [9.17, 15) is 9.18 Å². The van der Waals surface area contributed by atoms with Crippen molar-refractivity contribution in [2.24, 2.45) is 0 Å². The molecule has 3 rings (SSSR count). The molecule has 0 aliphatic carbocycles. The van der Waals surface area contributed by atoms with Crippen LogP contribution in [0.1, 0.15) is 22.7 Å². The van der Waals surface area contributed by atoms with Crippen molar-refractivity contribution in [3.05, 3.63) is 84.1 Å². The van der Waals surface area contributed by atoms with E-state index in [4.69, 9.17) is 9.15 Å². The molecule has 1 N–H and O–H groups in total. The Kier molecular flexibility index (Phi) is 6.68. The summed E-state index contributed by atoms with van der Waals surface area (Å²) in [7, 11) is 2.02. The molecule has 0 fully saturated rings. The Bertz CT molecular complexity index is 878. The van der Waals surface area contributed by atoms with Crippen LogP contribution in [0.15, 0.2) is 71.1 Å². The van der Waals surface area contributed by atoms with Gasteiger partial charge < -0.3 is 19.4 Å². The summed E-state index contributed by atoms with van der Waals surface area (Å²) in [5.41, 5.74) is 1.14. The van der Waals surface area contributed by atoms with Crippen molar-refractivity contribution in [3.63, 3.8) is 0 Å². The lowest BCUT2D eigenvalue weighted by molar-refractivity contribution is 0.0921. The summed E-state index contributed by atoms with van der Waals surface area (Å²) in [6.07, 6.45) is 0.818. The van der Waals surface area contributed by atoms with Crippen LogP contribution in [-0.2, 0) is 6.61 Å². The molecule has 2 aromatic carbocycles. The fraction of sp³-hybridized carbons (Fsp3) is 0.227. The predicted molar refractivity (Wildman–Crippen MR) is 106 cm³/mol. The van der Waals surface area contributed by atoms with Gasteiger partial charge in [-0.3, -0.25) is 4.79 Å². The Morgan fingerprint density at radius 2 is 1.82 bits per heavy atom. The van der Waals surface area contributed by atoms with E-state index in [1.54, 1.807) is 24.3 Å². The lowest BCUT2D eigenvalue weighted by Crippen LogP contribution is -2.27. The van der Waals surface area contributed by atoms with Gasteiger partial charge in [0.1, 0.15) is 23.9 Å². The van der Waals surface area contributed by atoms with Gasteiger partial charge in [-0.2, -0.15) is 0 Å². The zero-order chi connectivity index (χ0) is 19.8. The first kappa shape index (κ1) is 19.5. The Hall–Kier alpha value is -3.28. The summed E-state index contributed by atoms with van der Waals surface area (Å²) in [4.78, 5) is 14.3. The third-order valence-corrected chi connectivity index (χ3v) is 4.23. The fourth-order valence-corrected chi connectivity index (χ4v) is 2.68. The second-order valence-electron chi connectivity index (χ2n) is 6.38. The van der Waals surface area contributed by atoms with Crippen LogP contribution >= 0.6 is 0 Å². The Labute approximate surface area is 163 Å². The molecule has 0 aliphatic heterocycles. The molecule has 1 amide bonds. The summed E-state index contributed by atoms with van der Waals surface area (Å²) in [5, 5.41) is 2.86. The van der Waals surface area contributed by atoms with Gasteiger partial charge in [-0.1, -0.05) is 18.2 Å². The number of anilines is 1. The predicted octanol–water partition coefficient (Wildman–Crippen LogP) is 4.25. The number of carbonyl (C=O) groups is 1. The normalized spacial score (nSPS) is 10.5. The van der Waals surface area contributed by atoms with Crippen LogP contribution < -0.4 is 15.0 Å². The second kappa shape index (κ2) is 9.60. The second-order valence-corrected chi connectivity index (χ2v) is 6.38. The highest BCUT2D eigenvalue weighted by Crippen LogP contribution is 2.15. The summed E-state index contributed by atoms with van der Waals surface area (Å²) in [5.74, 6) is 0.730. The molecule has 6 heteroatoms. The van der Waals surface area contributed by atoms with E-state index in [1.807, 2.05) is 25.2 Å². The number of amides is 1. The Morgan fingerprint density at radius 1 is 1.07 bits per heavy atom. The summed E-state index contributed by atoms with van der Waals surface area (Å²) in [6.45, 7) is 1.55. The molecule has 1 heterocycles. The molecule has 0 saturated carbocycles. The van der Waals surface area contributed by atoms with E-state index in [-0.39, 0.29) is 24.1 Å². The number of ether oxygens (including phenoxy) is 1. The molecule has 3 aromatic rings. The van der Waals surface area contributed by atoms with E-state index in [2.05, 4.69) is 22.3 Å². The minimum atomic E-state index is -0.320. The van der Waals surface area contributed by atoms with Gasteiger partial charge >= 0.3 is 0 Å². The number of halogens is 1. The van der Waals surface area contributed by atoms with Gasteiger partial charge in [-0.25, -0.2) is 4.39 Å². The number of nitrogens with zero attached hydrogens (tertiary/aromatic N) is 1. The largest absolute Gasteiger partial charge is 0.486 e. The van der Waals surface area contributed by atoms with E-state index < -0.39 is 0 Å². The van der Waals surface area contributed by atoms with Crippen molar-refractivity contribution >= 4 is 11.6 Å². The van der Waals surface area contributed by atoms with Crippen molar-refractivity contribution in [1.82, 2.24) is 5.32 Å². The van der Waals surface area contributed by atoms with Gasteiger partial charge in [0, 0.05) is 25.8 Å². The molecule has 28 heavy (non-hydrogen) atoms. The van der Waals surface area contributed by atoms with Crippen LogP contribution in [0.3, 0.4) is 0 Å². The zero-order valence-electron chi connectivity index (χ0n) is 15.7. The molecule has 5 nitrogen and oxygen atoms in total. The smallest absolute Gasteiger partial charge is 0.286 e. The molecule has 0 bridgehead atoms. The van der Waals surface area contributed by atoms with Crippen molar-refractivity contribution in [1.29, 1.82) is 0 Å². The number of hydrogen-bond acceptors (Lipinski definition) is 4. The van der Waals surface area contributed by atoms with Crippen LogP contribution in [-0.4, -0.2) is 26.0 Å². The monoisotopic (exact) mass is 382 g/mol. The number of nitrogens with one attached hydrogen (secondary N) is 1. The highest BCUT2D eigenvalue weighted by molar-refractivity contribution is 5.91. The molecular formula is C22H23FN2O3. The summed E-state index contributed by atoms with van der Waals surface area (Å²) in [6, 6.07) is 19.1. The number of rotatable bonds is 9. The average molecular weight is 382 g/mol. The van der Waals surface area contributed by atoms with E-state index in [0.29, 0.717) is 18.1 Å². The summed E-state index contributed by atoms with van der Waals surface area (Å²) >= 11 is 0. The standard InChI is InChI=1S/C22H23FN2O3/c1-25(18-6-3-2-4-7-18)15-5-14-24-22(26)21-13-12-20(28-21)16-27-19-10-8-17(23)9-11-19/h2-4,6-13H,5,14-16H2,1H3,(H,24,26). The van der Waals surface area contributed by atoms with Crippen LogP contribution in [0.25, 0.3) is 0 Å². The van der Waals surface area contributed by atoms with Crippen LogP contribution in [0.2, 0.25) is 0 Å². The Morgan fingerprint density at radius 3 is 2.57 bits per heavy atom. The van der Waals surface area contributed by atoms with Gasteiger partial charge in [0.2, 0.25) is 0 Å². The molecule has 0 spiro atoms. The van der Waals surface area contributed by atoms with Crippen molar-refractivity contribution in [2.75, 3.05) is 25.0 Å². The molecule has 146 valence electrons. The van der Waals surface area contributed by atoms with Gasteiger partial charge in [0.05, 0.1) is 0 Å². The van der Waals surface area contributed by atoms with E-state index in [1.165, 1.54) is 12.1 Å². The van der Waals surface area contributed by atoms with Gasteiger partial charge in [0.15, 0.2) is 5.76 Å². The average Bonchev–Trinajstić information content (AvgIpc) is 3.20. The zero-order valence-corrected chi connectivity index (χ0v) is 15.7. The SMILES string of the molecule is CN(CCCNC(=O)c1ccc(COc2ccc(F)cc2)o1)c1ccccc1. The maximum Gasteiger partial charge on any atom is 0.286 e. The number of carbonyl (C=O) groups excluding carboxylic acids is 1.